The van der Waals surface area contributed by atoms with E-state index in [2.05, 4.69) is 0 Å². The van der Waals surface area contributed by atoms with Gasteiger partial charge in [0.15, 0.2) is 0 Å². The second-order valence-electron chi connectivity index (χ2n) is 5.42. The highest BCUT2D eigenvalue weighted by atomic mass is 19.1. The molecule has 0 aliphatic heterocycles. The van der Waals surface area contributed by atoms with Crippen LogP contribution in [0.15, 0.2) is 24.3 Å². The zero-order valence-corrected chi connectivity index (χ0v) is 11.4. The standard InChI is InChI=1S/C15H18FNO2/c1-4-17-11(9-15(2,3)14(18)19)8-10-6-5-7-12(16)13(10)17/h5-8H,4,9H2,1-3H3,(H,18,19). The van der Waals surface area contributed by atoms with Crippen LogP contribution < -0.4 is 0 Å². The number of hydrogen-bond donors (Lipinski definition) is 1. The first-order valence-corrected chi connectivity index (χ1v) is 6.37. The highest BCUT2D eigenvalue weighted by Gasteiger charge is 2.29. The van der Waals surface area contributed by atoms with Crippen molar-refractivity contribution in [2.75, 3.05) is 0 Å². The van der Waals surface area contributed by atoms with Crippen molar-refractivity contribution in [3.63, 3.8) is 0 Å². The van der Waals surface area contributed by atoms with Crippen LogP contribution in [0.25, 0.3) is 10.9 Å². The number of benzene rings is 1. The average Bonchev–Trinajstić information content (AvgIpc) is 2.66. The number of carbonyl (C=O) groups is 1. The van der Waals surface area contributed by atoms with Gasteiger partial charge in [0.2, 0.25) is 0 Å². The van der Waals surface area contributed by atoms with E-state index in [1.807, 2.05) is 23.6 Å². The van der Waals surface area contributed by atoms with Crippen molar-refractivity contribution in [1.29, 1.82) is 0 Å². The van der Waals surface area contributed by atoms with Gasteiger partial charge in [-0.05, 0) is 32.9 Å². The van der Waals surface area contributed by atoms with Crippen LogP contribution in [0.3, 0.4) is 0 Å². The molecule has 1 aromatic heterocycles. The number of fused-ring (bicyclic) bond motifs is 1. The smallest absolute Gasteiger partial charge is 0.309 e. The zero-order chi connectivity index (χ0) is 14.2. The largest absolute Gasteiger partial charge is 0.481 e. The lowest BCUT2D eigenvalue weighted by atomic mass is 9.88. The molecule has 1 heterocycles. The Labute approximate surface area is 111 Å². The van der Waals surface area contributed by atoms with Crippen molar-refractivity contribution in [1.82, 2.24) is 4.57 Å². The van der Waals surface area contributed by atoms with Gasteiger partial charge in [0.25, 0.3) is 0 Å². The topological polar surface area (TPSA) is 42.2 Å². The van der Waals surface area contributed by atoms with E-state index < -0.39 is 11.4 Å². The summed E-state index contributed by atoms with van der Waals surface area (Å²) in [6, 6.07) is 6.83. The Morgan fingerprint density at radius 2 is 2.11 bits per heavy atom. The fourth-order valence-electron chi connectivity index (χ4n) is 2.37. The molecule has 0 unspecified atom stereocenters. The van der Waals surface area contributed by atoms with Crippen molar-refractivity contribution >= 4 is 16.9 Å². The Balaban J connectivity index is 2.56. The number of hydrogen-bond acceptors (Lipinski definition) is 1. The van der Waals surface area contributed by atoms with Crippen LogP contribution in [0.1, 0.15) is 26.5 Å². The minimum atomic E-state index is -0.863. The van der Waals surface area contributed by atoms with E-state index in [4.69, 9.17) is 0 Å². The minimum absolute atomic E-state index is 0.265. The van der Waals surface area contributed by atoms with E-state index in [0.717, 1.165) is 11.1 Å². The summed E-state index contributed by atoms with van der Waals surface area (Å²) < 4.78 is 15.8. The summed E-state index contributed by atoms with van der Waals surface area (Å²) in [6.45, 7) is 5.92. The number of rotatable bonds is 4. The van der Waals surface area contributed by atoms with Gasteiger partial charge in [0, 0.05) is 24.0 Å². The molecule has 102 valence electrons. The number of carboxylic acid groups (broad SMARTS) is 1. The van der Waals surface area contributed by atoms with Crippen LogP contribution in [0, 0.1) is 11.2 Å². The van der Waals surface area contributed by atoms with E-state index in [0.29, 0.717) is 18.5 Å². The van der Waals surface area contributed by atoms with E-state index >= 15 is 0 Å². The molecule has 0 fully saturated rings. The van der Waals surface area contributed by atoms with E-state index in [1.54, 1.807) is 19.9 Å². The normalized spacial score (nSPS) is 12.0. The summed E-state index contributed by atoms with van der Waals surface area (Å²) in [4.78, 5) is 11.2. The maximum Gasteiger partial charge on any atom is 0.309 e. The molecule has 1 aromatic carbocycles. The molecular formula is C15H18FNO2. The third-order valence-corrected chi connectivity index (χ3v) is 3.47. The molecule has 2 rings (SSSR count). The summed E-state index contributed by atoms with van der Waals surface area (Å²) in [6.07, 6.45) is 0.379. The maximum absolute atomic E-state index is 13.9. The fourth-order valence-corrected chi connectivity index (χ4v) is 2.37. The number of nitrogens with zero attached hydrogens (tertiary/aromatic N) is 1. The number of halogens is 1. The molecule has 3 nitrogen and oxygen atoms in total. The van der Waals surface area contributed by atoms with Gasteiger partial charge in [-0.1, -0.05) is 12.1 Å². The third-order valence-electron chi connectivity index (χ3n) is 3.47. The number of aliphatic carboxylic acids is 1. The van der Waals surface area contributed by atoms with Crippen molar-refractivity contribution in [3.05, 3.63) is 35.8 Å². The van der Waals surface area contributed by atoms with Crippen LogP contribution >= 0.6 is 0 Å². The quantitative estimate of drug-likeness (QED) is 0.918. The summed E-state index contributed by atoms with van der Waals surface area (Å²) in [5.41, 5.74) is 0.550. The molecule has 0 atom stereocenters. The third kappa shape index (κ3) is 2.35. The number of aromatic nitrogens is 1. The Hall–Kier alpha value is -1.84. The first-order chi connectivity index (χ1) is 8.86. The van der Waals surface area contributed by atoms with Gasteiger partial charge in [0.1, 0.15) is 5.82 Å². The molecule has 19 heavy (non-hydrogen) atoms. The van der Waals surface area contributed by atoms with Crippen molar-refractivity contribution in [2.45, 2.75) is 33.7 Å². The fraction of sp³-hybridized carbons (Fsp3) is 0.400. The molecule has 0 saturated heterocycles. The highest BCUT2D eigenvalue weighted by molar-refractivity contribution is 5.82. The van der Waals surface area contributed by atoms with Crippen molar-refractivity contribution in [2.24, 2.45) is 5.41 Å². The van der Waals surface area contributed by atoms with E-state index in [-0.39, 0.29) is 5.82 Å². The molecule has 4 heteroatoms. The number of carboxylic acids is 1. The molecular weight excluding hydrogens is 245 g/mol. The van der Waals surface area contributed by atoms with Crippen molar-refractivity contribution in [3.8, 4) is 0 Å². The first kappa shape index (κ1) is 13.6. The summed E-state index contributed by atoms with van der Waals surface area (Å²) in [7, 11) is 0. The van der Waals surface area contributed by atoms with Gasteiger partial charge in [0.05, 0.1) is 10.9 Å². The van der Waals surface area contributed by atoms with E-state index in [1.165, 1.54) is 6.07 Å². The van der Waals surface area contributed by atoms with Gasteiger partial charge in [-0.2, -0.15) is 0 Å². The predicted molar refractivity (Wildman–Crippen MR) is 72.7 cm³/mol. The highest BCUT2D eigenvalue weighted by Crippen LogP contribution is 2.28. The SMILES string of the molecule is CCn1c(CC(C)(C)C(=O)O)cc2cccc(F)c21. The molecule has 0 aliphatic carbocycles. The molecule has 2 aromatic rings. The van der Waals surface area contributed by atoms with Crippen LogP contribution in [0.2, 0.25) is 0 Å². The number of para-hydroxylation sites is 1. The summed E-state index contributed by atoms with van der Waals surface area (Å²) >= 11 is 0. The molecule has 0 saturated carbocycles. The number of aryl methyl sites for hydroxylation is 1. The molecule has 0 amide bonds. The Morgan fingerprint density at radius 3 is 2.68 bits per heavy atom. The van der Waals surface area contributed by atoms with Crippen molar-refractivity contribution < 1.29 is 14.3 Å². The second kappa shape index (κ2) is 4.68. The zero-order valence-electron chi connectivity index (χ0n) is 11.4. The molecule has 1 N–H and O–H groups in total. The molecule has 0 spiro atoms. The van der Waals surface area contributed by atoms with Gasteiger partial charge in [-0.25, -0.2) is 4.39 Å². The van der Waals surface area contributed by atoms with Crippen LogP contribution in [0.5, 0.6) is 0 Å². The van der Waals surface area contributed by atoms with Gasteiger partial charge >= 0.3 is 5.97 Å². The van der Waals surface area contributed by atoms with Crippen LogP contribution in [-0.4, -0.2) is 15.6 Å². The minimum Gasteiger partial charge on any atom is -0.481 e. The van der Waals surface area contributed by atoms with Crippen LogP contribution in [0.4, 0.5) is 4.39 Å². The lowest BCUT2D eigenvalue weighted by molar-refractivity contribution is -0.146. The lowest BCUT2D eigenvalue weighted by Crippen LogP contribution is -2.27. The monoisotopic (exact) mass is 263 g/mol. The Morgan fingerprint density at radius 1 is 1.42 bits per heavy atom. The Kier molecular flexibility index (Phi) is 3.35. The molecule has 0 radical (unpaired) electrons. The maximum atomic E-state index is 13.9. The lowest BCUT2D eigenvalue weighted by Gasteiger charge is -2.20. The average molecular weight is 263 g/mol. The van der Waals surface area contributed by atoms with E-state index in [9.17, 15) is 14.3 Å². The first-order valence-electron chi connectivity index (χ1n) is 6.37. The van der Waals surface area contributed by atoms with Crippen LogP contribution in [-0.2, 0) is 17.8 Å². The van der Waals surface area contributed by atoms with Gasteiger partial charge in [-0.15, -0.1) is 0 Å². The summed E-state index contributed by atoms with van der Waals surface area (Å²) in [5, 5.41) is 10.0. The second-order valence-corrected chi connectivity index (χ2v) is 5.42. The molecule has 0 aliphatic rings. The predicted octanol–water partition coefficient (Wildman–Crippen LogP) is 3.45. The van der Waals surface area contributed by atoms with Gasteiger partial charge < -0.3 is 9.67 Å². The molecule has 0 bridgehead atoms. The Bertz CT molecular complexity index is 628. The van der Waals surface area contributed by atoms with Gasteiger partial charge in [-0.3, -0.25) is 4.79 Å². The summed E-state index contributed by atoms with van der Waals surface area (Å²) in [5.74, 6) is -1.11.